The Hall–Kier alpha value is -1.07. The molecule has 6 heteroatoms. The molecule has 110 valence electrons. The van der Waals surface area contributed by atoms with Crippen LogP contribution in [0.25, 0.3) is 0 Å². The minimum absolute atomic E-state index is 0.0709. The van der Waals surface area contributed by atoms with E-state index in [1.165, 1.54) is 18.6 Å². The molecule has 0 aromatic heterocycles. The third-order valence-corrected chi connectivity index (χ3v) is 5.02. The van der Waals surface area contributed by atoms with Gasteiger partial charge in [0.25, 0.3) is 9.05 Å². The molecule has 1 aromatic rings. The zero-order chi connectivity index (χ0) is 14.6. The van der Waals surface area contributed by atoms with E-state index in [1.54, 1.807) is 12.1 Å². The lowest BCUT2D eigenvalue weighted by molar-refractivity contribution is -0.126. The van der Waals surface area contributed by atoms with E-state index in [0.29, 0.717) is 6.54 Å². The summed E-state index contributed by atoms with van der Waals surface area (Å²) in [6.45, 7) is 0.415. The van der Waals surface area contributed by atoms with Crippen molar-refractivity contribution in [3.05, 3.63) is 29.8 Å². The molecule has 0 unspecified atom stereocenters. The van der Waals surface area contributed by atoms with Gasteiger partial charge in [-0.3, -0.25) is 4.79 Å². The molecule has 1 N–H and O–H groups in total. The maximum Gasteiger partial charge on any atom is 0.261 e. The highest BCUT2D eigenvalue weighted by molar-refractivity contribution is 8.13. The van der Waals surface area contributed by atoms with E-state index in [-0.39, 0.29) is 16.7 Å². The molecule has 0 radical (unpaired) electrons. The lowest BCUT2D eigenvalue weighted by Crippen LogP contribution is -2.31. The van der Waals surface area contributed by atoms with E-state index >= 15 is 0 Å². The molecule has 20 heavy (non-hydrogen) atoms. The number of rotatable bonds is 4. The molecule has 0 bridgehead atoms. The van der Waals surface area contributed by atoms with Crippen molar-refractivity contribution in [2.75, 3.05) is 0 Å². The summed E-state index contributed by atoms with van der Waals surface area (Å²) in [7, 11) is 1.56. The molecule has 2 rings (SSSR count). The summed E-state index contributed by atoms with van der Waals surface area (Å²) in [5.74, 6) is 0.227. The summed E-state index contributed by atoms with van der Waals surface area (Å²) < 4.78 is 22.2. The lowest BCUT2D eigenvalue weighted by Gasteiger charge is -2.20. The summed E-state index contributed by atoms with van der Waals surface area (Å²) >= 11 is 0. The van der Waals surface area contributed by atoms with E-state index in [9.17, 15) is 13.2 Å². The van der Waals surface area contributed by atoms with E-state index in [4.69, 9.17) is 10.7 Å². The predicted molar refractivity (Wildman–Crippen MR) is 77.9 cm³/mol. The van der Waals surface area contributed by atoms with Crippen molar-refractivity contribution < 1.29 is 13.2 Å². The van der Waals surface area contributed by atoms with Crippen molar-refractivity contribution in [1.29, 1.82) is 0 Å². The normalized spacial score (nSPS) is 16.9. The highest BCUT2D eigenvalue weighted by Crippen LogP contribution is 2.23. The Labute approximate surface area is 123 Å². The number of carbonyl (C=O) groups excluding carboxylic acids is 1. The topological polar surface area (TPSA) is 63.2 Å². The Kier molecular flexibility index (Phi) is 5.05. The largest absolute Gasteiger partial charge is 0.352 e. The molecule has 1 aliphatic rings. The zero-order valence-corrected chi connectivity index (χ0v) is 12.7. The Bertz CT molecular complexity index is 563. The second-order valence-electron chi connectivity index (χ2n) is 5.13. The number of amides is 1. The van der Waals surface area contributed by atoms with Gasteiger partial charge in [0, 0.05) is 23.1 Å². The van der Waals surface area contributed by atoms with Gasteiger partial charge in [0.05, 0.1) is 4.90 Å². The van der Waals surface area contributed by atoms with Crippen molar-refractivity contribution in [3.8, 4) is 0 Å². The molecule has 0 saturated heterocycles. The van der Waals surface area contributed by atoms with Crippen molar-refractivity contribution >= 4 is 25.6 Å². The zero-order valence-electron chi connectivity index (χ0n) is 11.1. The first kappa shape index (κ1) is 15.3. The minimum atomic E-state index is -3.68. The van der Waals surface area contributed by atoms with Crippen LogP contribution in [0.3, 0.4) is 0 Å². The van der Waals surface area contributed by atoms with E-state index in [2.05, 4.69) is 5.32 Å². The van der Waals surface area contributed by atoms with Crippen LogP contribution in [0.2, 0.25) is 0 Å². The fraction of sp³-hybridized carbons (Fsp3) is 0.500. The van der Waals surface area contributed by atoms with Crippen molar-refractivity contribution in [2.45, 2.75) is 43.5 Å². The molecule has 1 fully saturated rings. The first-order valence-electron chi connectivity index (χ1n) is 6.78. The van der Waals surface area contributed by atoms with E-state index in [1.807, 2.05) is 0 Å². The predicted octanol–water partition coefficient (Wildman–Crippen LogP) is 2.81. The summed E-state index contributed by atoms with van der Waals surface area (Å²) in [5.41, 5.74) is 0.859. The third-order valence-electron chi connectivity index (χ3n) is 3.65. The second kappa shape index (κ2) is 6.59. The van der Waals surface area contributed by atoms with Crippen molar-refractivity contribution in [1.82, 2.24) is 5.32 Å². The maximum absolute atomic E-state index is 12.0. The van der Waals surface area contributed by atoms with Gasteiger partial charge < -0.3 is 5.32 Å². The summed E-state index contributed by atoms with van der Waals surface area (Å²) in [5, 5.41) is 2.91. The number of hydrogen-bond acceptors (Lipinski definition) is 3. The van der Waals surface area contributed by atoms with Crippen LogP contribution < -0.4 is 5.32 Å². The molecule has 0 aliphatic heterocycles. The molecule has 0 atom stereocenters. The number of carbonyl (C=O) groups is 1. The highest BCUT2D eigenvalue weighted by Gasteiger charge is 2.20. The third kappa shape index (κ3) is 4.21. The van der Waals surface area contributed by atoms with Gasteiger partial charge in [-0.15, -0.1) is 0 Å². The summed E-state index contributed by atoms with van der Waals surface area (Å²) in [4.78, 5) is 12.0. The van der Waals surface area contributed by atoms with E-state index in [0.717, 1.165) is 31.2 Å². The fourth-order valence-electron chi connectivity index (χ4n) is 2.47. The highest BCUT2D eigenvalue weighted by atomic mass is 35.7. The first-order chi connectivity index (χ1) is 9.47. The van der Waals surface area contributed by atoms with Crippen molar-refractivity contribution in [2.24, 2.45) is 5.92 Å². The van der Waals surface area contributed by atoms with Crippen LogP contribution in [0.1, 0.15) is 37.7 Å². The number of benzene rings is 1. The molecule has 1 amide bonds. The number of hydrogen-bond donors (Lipinski definition) is 1. The fourth-order valence-corrected chi connectivity index (χ4v) is 3.24. The molecular formula is C14H18ClNO3S. The van der Waals surface area contributed by atoms with Gasteiger partial charge >= 0.3 is 0 Å². The molecule has 1 saturated carbocycles. The van der Waals surface area contributed by atoms with E-state index < -0.39 is 9.05 Å². The Balaban J connectivity index is 1.89. The van der Waals surface area contributed by atoms with Crippen LogP contribution in [-0.4, -0.2) is 14.3 Å². The van der Waals surface area contributed by atoms with Gasteiger partial charge in [0.1, 0.15) is 0 Å². The standard InChI is InChI=1S/C14H18ClNO3S/c15-20(18,19)13-8-6-11(7-9-13)10-16-14(17)12-4-2-1-3-5-12/h6-9,12H,1-5,10H2,(H,16,17). The van der Waals surface area contributed by atoms with Gasteiger partial charge in [-0.2, -0.15) is 0 Å². The van der Waals surface area contributed by atoms with Crippen molar-refractivity contribution in [3.63, 3.8) is 0 Å². The molecule has 1 aromatic carbocycles. The number of nitrogens with one attached hydrogen (secondary N) is 1. The second-order valence-corrected chi connectivity index (χ2v) is 7.70. The molecule has 0 heterocycles. The SMILES string of the molecule is O=C(NCc1ccc(S(=O)(=O)Cl)cc1)C1CCCCC1. The Morgan fingerprint density at radius 2 is 1.75 bits per heavy atom. The molecule has 0 spiro atoms. The molecule has 1 aliphatic carbocycles. The monoisotopic (exact) mass is 315 g/mol. The average molecular weight is 316 g/mol. The summed E-state index contributed by atoms with van der Waals surface area (Å²) in [6.07, 6.45) is 5.41. The quantitative estimate of drug-likeness (QED) is 0.869. The molecular weight excluding hydrogens is 298 g/mol. The van der Waals surface area contributed by atoms with Gasteiger partial charge in [0.15, 0.2) is 0 Å². The first-order valence-corrected chi connectivity index (χ1v) is 9.09. The van der Waals surface area contributed by atoms with Gasteiger partial charge in [-0.1, -0.05) is 31.4 Å². The Morgan fingerprint density at radius 1 is 1.15 bits per heavy atom. The van der Waals surface area contributed by atoms with Crippen LogP contribution >= 0.6 is 10.7 Å². The average Bonchev–Trinajstić information content (AvgIpc) is 2.45. The van der Waals surface area contributed by atoms with Gasteiger partial charge in [0.2, 0.25) is 5.91 Å². The van der Waals surface area contributed by atoms with Gasteiger partial charge in [-0.25, -0.2) is 8.42 Å². The molecule has 4 nitrogen and oxygen atoms in total. The minimum Gasteiger partial charge on any atom is -0.352 e. The Morgan fingerprint density at radius 3 is 2.30 bits per heavy atom. The van der Waals surface area contributed by atoms with Crippen LogP contribution in [0.15, 0.2) is 29.2 Å². The van der Waals surface area contributed by atoms with Crippen LogP contribution in [0, 0.1) is 5.92 Å². The van der Waals surface area contributed by atoms with Crippen LogP contribution in [0.4, 0.5) is 0 Å². The van der Waals surface area contributed by atoms with Gasteiger partial charge in [-0.05, 0) is 30.5 Å². The summed E-state index contributed by atoms with van der Waals surface area (Å²) in [6, 6.07) is 6.22. The lowest BCUT2D eigenvalue weighted by atomic mass is 9.88. The van der Waals surface area contributed by atoms with Crippen LogP contribution in [-0.2, 0) is 20.4 Å². The van der Waals surface area contributed by atoms with Crippen LogP contribution in [0.5, 0.6) is 0 Å². The number of halogens is 1. The maximum atomic E-state index is 12.0. The smallest absolute Gasteiger partial charge is 0.261 e.